The van der Waals surface area contributed by atoms with E-state index in [1.54, 1.807) is 32.3 Å². The van der Waals surface area contributed by atoms with Gasteiger partial charge in [-0.1, -0.05) is 17.7 Å². The third kappa shape index (κ3) is 3.53. The van der Waals surface area contributed by atoms with Gasteiger partial charge in [-0.05, 0) is 43.2 Å². The second-order valence-electron chi connectivity index (χ2n) is 4.77. The van der Waals surface area contributed by atoms with E-state index < -0.39 is 16.1 Å². The predicted octanol–water partition coefficient (Wildman–Crippen LogP) is 2.67. The van der Waals surface area contributed by atoms with Crippen LogP contribution in [0.5, 0.6) is 0 Å². The summed E-state index contributed by atoms with van der Waals surface area (Å²) in [7, 11) is -3.69. The molecule has 0 aliphatic carbocycles. The molecular weight excluding hydrogens is 310 g/mol. The highest BCUT2D eigenvalue weighted by Crippen LogP contribution is 2.27. The second kappa shape index (κ2) is 6.01. The summed E-state index contributed by atoms with van der Waals surface area (Å²) < 4.78 is 27.4. The molecule has 1 aromatic heterocycles. The number of aryl methyl sites for hydroxylation is 1. The highest BCUT2D eigenvalue weighted by molar-refractivity contribution is 7.89. The van der Waals surface area contributed by atoms with Crippen LogP contribution in [0.4, 0.5) is 5.69 Å². The van der Waals surface area contributed by atoms with E-state index in [2.05, 4.69) is 9.71 Å². The smallest absolute Gasteiger partial charge is 0.241 e. The maximum atomic E-state index is 12.4. The SMILES string of the molecule is Cc1cc(S(=O)(=O)NC(C)c2cccnc2)cc(N)c1Cl. The maximum Gasteiger partial charge on any atom is 0.241 e. The van der Waals surface area contributed by atoms with Crippen LogP contribution in [0.15, 0.2) is 41.6 Å². The number of nitrogens with one attached hydrogen (secondary N) is 1. The van der Waals surface area contributed by atoms with E-state index in [1.165, 1.54) is 12.1 Å². The van der Waals surface area contributed by atoms with Gasteiger partial charge in [-0.3, -0.25) is 4.98 Å². The van der Waals surface area contributed by atoms with E-state index in [4.69, 9.17) is 17.3 Å². The monoisotopic (exact) mass is 325 g/mol. The first-order valence-corrected chi connectivity index (χ1v) is 8.15. The molecule has 1 aromatic carbocycles. The van der Waals surface area contributed by atoms with Gasteiger partial charge in [0.1, 0.15) is 0 Å². The normalized spacial score (nSPS) is 13.1. The fourth-order valence-corrected chi connectivity index (χ4v) is 3.38. The molecule has 2 aromatic rings. The molecule has 0 saturated carbocycles. The Morgan fingerprint density at radius 3 is 2.67 bits per heavy atom. The Kier molecular flexibility index (Phi) is 4.51. The van der Waals surface area contributed by atoms with Crippen molar-refractivity contribution in [3.05, 3.63) is 52.8 Å². The number of hydrogen-bond donors (Lipinski definition) is 2. The Balaban J connectivity index is 2.31. The van der Waals surface area contributed by atoms with Crippen molar-refractivity contribution in [2.75, 3.05) is 5.73 Å². The van der Waals surface area contributed by atoms with Crippen molar-refractivity contribution in [3.63, 3.8) is 0 Å². The molecule has 5 nitrogen and oxygen atoms in total. The van der Waals surface area contributed by atoms with E-state index in [0.29, 0.717) is 10.6 Å². The number of sulfonamides is 1. The number of rotatable bonds is 4. The number of nitrogens with two attached hydrogens (primary N) is 1. The standard InChI is InChI=1S/C14H16ClN3O2S/c1-9-6-12(7-13(16)14(9)15)21(19,20)18-10(2)11-4-3-5-17-8-11/h3-8,10,18H,16H2,1-2H3. The summed E-state index contributed by atoms with van der Waals surface area (Å²) in [4.78, 5) is 4.07. The van der Waals surface area contributed by atoms with Gasteiger partial charge in [0.15, 0.2) is 0 Å². The van der Waals surface area contributed by atoms with Crippen LogP contribution in [0.25, 0.3) is 0 Å². The molecule has 1 atom stereocenters. The molecule has 0 bridgehead atoms. The quantitative estimate of drug-likeness (QED) is 0.846. The zero-order valence-corrected chi connectivity index (χ0v) is 13.2. The Morgan fingerprint density at radius 1 is 1.38 bits per heavy atom. The summed E-state index contributed by atoms with van der Waals surface area (Å²) >= 11 is 5.95. The summed E-state index contributed by atoms with van der Waals surface area (Å²) in [5, 5.41) is 0.370. The number of hydrogen-bond acceptors (Lipinski definition) is 4. The van der Waals surface area contributed by atoms with E-state index >= 15 is 0 Å². The third-order valence-corrected chi connectivity index (χ3v) is 5.12. The summed E-state index contributed by atoms with van der Waals surface area (Å²) in [6, 6.07) is 6.01. The van der Waals surface area contributed by atoms with E-state index in [0.717, 1.165) is 5.56 Å². The average molecular weight is 326 g/mol. The lowest BCUT2D eigenvalue weighted by atomic mass is 10.2. The first-order chi connectivity index (χ1) is 9.81. The summed E-state index contributed by atoms with van der Waals surface area (Å²) in [6.45, 7) is 3.46. The molecule has 0 fully saturated rings. The Labute approximate surface area is 129 Å². The molecule has 0 radical (unpaired) electrons. The Morgan fingerprint density at radius 2 is 2.10 bits per heavy atom. The topological polar surface area (TPSA) is 85.1 Å². The molecule has 0 spiro atoms. The van der Waals surface area contributed by atoms with E-state index in [1.807, 2.05) is 6.07 Å². The zero-order chi connectivity index (χ0) is 15.6. The van der Waals surface area contributed by atoms with Crippen LogP contribution >= 0.6 is 11.6 Å². The highest BCUT2D eigenvalue weighted by Gasteiger charge is 2.20. The summed E-state index contributed by atoms with van der Waals surface area (Å²) in [6.07, 6.45) is 3.25. The number of nitrogens with zero attached hydrogens (tertiary/aromatic N) is 1. The van der Waals surface area contributed by atoms with Gasteiger partial charge in [0.05, 0.1) is 15.6 Å². The number of benzene rings is 1. The van der Waals surface area contributed by atoms with Gasteiger partial charge < -0.3 is 5.73 Å². The van der Waals surface area contributed by atoms with Crippen LogP contribution in [0.1, 0.15) is 24.1 Å². The molecule has 0 aliphatic heterocycles. The van der Waals surface area contributed by atoms with Crippen molar-refractivity contribution >= 4 is 27.3 Å². The molecule has 1 heterocycles. The largest absolute Gasteiger partial charge is 0.397 e. The summed E-state index contributed by atoms with van der Waals surface area (Å²) in [5.41, 5.74) is 7.36. The van der Waals surface area contributed by atoms with Crippen molar-refractivity contribution in [2.45, 2.75) is 24.8 Å². The molecule has 112 valence electrons. The first-order valence-electron chi connectivity index (χ1n) is 6.29. The lowest BCUT2D eigenvalue weighted by Gasteiger charge is -2.15. The molecule has 3 N–H and O–H groups in total. The minimum Gasteiger partial charge on any atom is -0.397 e. The number of anilines is 1. The van der Waals surface area contributed by atoms with E-state index in [-0.39, 0.29) is 10.6 Å². The van der Waals surface area contributed by atoms with Gasteiger partial charge >= 0.3 is 0 Å². The number of pyridine rings is 1. The minimum atomic E-state index is -3.69. The number of halogens is 1. The van der Waals surface area contributed by atoms with Crippen LogP contribution < -0.4 is 10.5 Å². The second-order valence-corrected chi connectivity index (χ2v) is 6.86. The van der Waals surface area contributed by atoms with Crippen LogP contribution in [0, 0.1) is 6.92 Å². The molecule has 7 heteroatoms. The maximum absolute atomic E-state index is 12.4. The number of nitrogen functional groups attached to an aromatic ring is 1. The molecule has 0 aliphatic rings. The van der Waals surface area contributed by atoms with Crippen molar-refractivity contribution < 1.29 is 8.42 Å². The minimum absolute atomic E-state index is 0.0950. The van der Waals surface area contributed by atoms with Gasteiger partial charge in [0.2, 0.25) is 10.0 Å². The lowest BCUT2D eigenvalue weighted by Crippen LogP contribution is -2.27. The predicted molar refractivity (Wildman–Crippen MR) is 83.6 cm³/mol. The van der Waals surface area contributed by atoms with E-state index in [9.17, 15) is 8.42 Å². The van der Waals surface area contributed by atoms with Crippen molar-refractivity contribution in [1.29, 1.82) is 0 Å². The lowest BCUT2D eigenvalue weighted by molar-refractivity contribution is 0.566. The molecule has 0 saturated heterocycles. The van der Waals surface area contributed by atoms with Gasteiger partial charge in [-0.15, -0.1) is 0 Å². The van der Waals surface area contributed by atoms with Gasteiger partial charge in [0.25, 0.3) is 0 Å². The fourth-order valence-electron chi connectivity index (χ4n) is 1.92. The molecular formula is C14H16ClN3O2S. The molecule has 2 rings (SSSR count). The summed E-state index contributed by atoms with van der Waals surface area (Å²) in [5.74, 6) is 0. The molecule has 21 heavy (non-hydrogen) atoms. The van der Waals surface area contributed by atoms with Gasteiger partial charge in [0, 0.05) is 18.4 Å². The zero-order valence-electron chi connectivity index (χ0n) is 11.7. The Bertz CT molecular complexity index is 725. The first kappa shape index (κ1) is 15.8. The van der Waals surface area contributed by atoms with Gasteiger partial charge in [-0.25, -0.2) is 13.1 Å². The van der Waals surface area contributed by atoms with Crippen molar-refractivity contribution in [3.8, 4) is 0 Å². The van der Waals surface area contributed by atoms with Crippen LogP contribution in [0.2, 0.25) is 5.02 Å². The van der Waals surface area contributed by atoms with Gasteiger partial charge in [-0.2, -0.15) is 0 Å². The molecule has 0 amide bonds. The average Bonchev–Trinajstić information content (AvgIpc) is 2.44. The highest BCUT2D eigenvalue weighted by atomic mass is 35.5. The van der Waals surface area contributed by atoms with Crippen molar-refractivity contribution in [2.24, 2.45) is 0 Å². The Hall–Kier alpha value is -1.63. The third-order valence-electron chi connectivity index (χ3n) is 3.08. The van der Waals surface area contributed by atoms with Crippen LogP contribution in [-0.4, -0.2) is 13.4 Å². The van der Waals surface area contributed by atoms with Crippen LogP contribution in [0.3, 0.4) is 0 Å². The molecule has 1 unspecified atom stereocenters. The van der Waals surface area contributed by atoms with Crippen LogP contribution in [-0.2, 0) is 10.0 Å². The fraction of sp³-hybridized carbons (Fsp3) is 0.214. The number of aromatic nitrogens is 1. The van der Waals surface area contributed by atoms with Crippen molar-refractivity contribution in [1.82, 2.24) is 9.71 Å².